The molecule has 2 heterocycles. The van der Waals surface area contributed by atoms with Gasteiger partial charge in [0, 0.05) is 25.5 Å². The van der Waals surface area contributed by atoms with Gasteiger partial charge in [-0.05, 0) is 49.7 Å². The minimum Gasteiger partial charge on any atom is -0.475 e. The Bertz CT molecular complexity index is 843. The van der Waals surface area contributed by atoms with E-state index in [0.717, 1.165) is 43.4 Å². The summed E-state index contributed by atoms with van der Waals surface area (Å²) in [5, 5.41) is 7.12. The van der Waals surface area contributed by atoms with Gasteiger partial charge < -0.3 is 14.7 Å². The molecule has 1 N–H and O–H groups in total. The van der Waals surface area contributed by atoms with E-state index in [1.165, 1.54) is 18.4 Å². The molecule has 1 aliphatic carbocycles. The number of halogens is 3. The van der Waals surface area contributed by atoms with Crippen molar-refractivity contribution in [1.82, 2.24) is 9.97 Å². The van der Waals surface area contributed by atoms with E-state index < -0.39 is 12.1 Å². The Morgan fingerprint density at radius 3 is 2.32 bits per heavy atom. The number of aryl methyl sites for hydroxylation is 1. The lowest BCUT2D eigenvalue weighted by molar-refractivity contribution is -0.192. The first-order chi connectivity index (χ1) is 14.7. The van der Waals surface area contributed by atoms with Crippen LogP contribution in [0.4, 0.5) is 19.1 Å². The van der Waals surface area contributed by atoms with Crippen molar-refractivity contribution in [2.75, 3.05) is 18.1 Å². The number of alkyl halides is 3. The van der Waals surface area contributed by atoms with E-state index in [1.54, 1.807) is 0 Å². The van der Waals surface area contributed by atoms with E-state index in [1.807, 2.05) is 19.3 Å². The third-order valence-corrected chi connectivity index (χ3v) is 5.28. The van der Waals surface area contributed by atoms with Crippen LogP contribution in [0.5, 0.6) is 0 Å². The van der Waals surface area contributed by atoms with Gasteiger partial charge in [-0.1, -0.05) is 30.3 Å². The Morgan fingerprint density at radius 1 is 1.16 bits per heavy atom. The number of carboxylic acid groups (broad SMARTS) is 1. The van der Waals surface area contributed by atoms with Crippen molar-refractivity contribution in [2.45, 2.75) is 50.9 Å². The van der Waals surface area contributed by atoms with Gasteiger partial charge >= 0.3 is 12.1 Å². The number of hydrogen-bond donors (Lipinski definition) is 1. The summed E-state index contributed by atoms with van der Waals surface area (Å²) >= 11 is 0. The number of benzene rings is 1. The van der Waals surface area contributed by atoms with E-state index in [-0.39, 0.29) is 6.10 Å². The van der Waals surface area contributed by atoms with E-state index in [9.17, 15) is 13.2 Å². The lowest BCUT2D eigenvalue weighted by atomic mass is 10.0. The summed E-state index contributed by atoms with van der Waals surface area (Å²) in [6.07, 6.45) is 3.70. The predicted octanol–water partition coefficient (Wildman–Crippen LogP) is 4.03. The fraction of sp³-hybridized carbons (Fsp3) is 0.500. The minimum absolute atomic E-state index is 0.274. The van der Waals surface area contributed by atoms with Crippen LogP contribution in [-0.2, 0) is 16.0 Å². The maximum Gasteiger partial charge on any atom is 0.490 e. The molecule has 1 saturated carbocycles. The number of carbonyl (C=O) groups is 1. The van der Waals surface area contributed by atoms with Gasteiger partial charge in [0.1, 0.15) is 0 Å². The standard InChI is InChI=1S/C20H25N3O.C2HF3O2/c1-15-12-21-20(22-13-15)23-10-9-19(24-14-17-7-8-17)18(23)11-16-5-3-2-4-6-16;3-2(4,5)1(6)7/h2-6,12-13,17-19H,7-11,14H2,1H3;(H,6,7)/t18-,19+;/m0./s1. The molecule has 0 radical (unpaired) electrons. The van der Waals surface area contributed by atoms with Crippen molar-refractivity contribution in [2.24, 2.45) is 5.92 Å². The fourth-order valence-corrected chi connectivity index (χ4v) is 3.44. The second-order valence-corrected chi connectivity index (χ2v) is 7.92. The quantitative estimate of drug-likeness (QED) is 0.735. The van der Waals surface area contributed by atoms with Gasteiger partial charge in [-0.2, -0.15) is 13.2 Å². The molecular weight excluding hydrogens is 411 g/mol. The third kappa shape index (κ3) is 6.92. The Hall–Kier alpha value is -2.68. The number of nitrogens with zero attached hydrogens (tertiary/aromatic N) is 3. The SMILES string of the molecule is Cc1cnc(N2CC[C@@H](OCC3CC3)[C@@H]2Cc2ccccc2)nc1.O=C(O)C(F)(F)F. The second kappa shape index (κ2) is 10.1. The summed E-state index contributed by atoms with van der Waals surface area (Å²) in [4.78, 5) is 20.3. The molecule has 9 heteroatoms. The first-order valence-corrected chi connectivity index (χ1v) is 10.2. The zero-order valence-corrected chi connectivity index (χ0v) is 17.3. The highest BCUT2D eigenvalue weighted by molar-refractivity contribution is 5.73. The maximum atomic E-state index is 10.6. The van der Waals surface area contributed by atoms with E-state index in [4.69, 9.17) is 14.6 Å². The summed E-state index contributed by atoms with van der Waals surface area (Å²) in [7, 11) is 0. The topological polar surface area (TPSA) is 75.5 Å². The number of carboxylic acids is 1. The lowest BCUT2D eigenvalue weighted by Crippen LogP contribution is -2.39. The number of aliphatic carboxylic acids is 1. The summed E-state index contributed by atoms with van der Waals surface area (Å²) < 4.78 is 38.0. The molecule has 1 aromatic heterocycles. The van der Waals surface area contributed by atoms with Crippen LogP contribution < -0.4 is 4.90 Å². The third-order valence-electron chi connectivity index (χ3n) is 5.28. The van der Waals surface area contributed by atoms with E-state index in [2.05, 4.69) is 45.2 Å². The monoisotopic (exact) mass is 437 g/mol. The van der Waals surface area contributed by atoms with Crippen molar-refractivity contribution < 1.29 is 27.8 Å². The molecule has 2 aromatic rings. The summed E-state index contributed by atoms with van der Waals surface area (Å²) in [6.45, 7) is 3.91. The molecule has 2 atom stereocenters. The molecule has 168 valence electrons. The number of hydrogen-bond acceptors (Lipinski definition) is 5. The van der Waals surface area contributed by atoms with Crippen molar-refractivity contribution in [3.8, 4) is 0 Å². The highest BCUT2D eigenvalue weighted by atomic mass is 19.4. The minimum atomic E-state index is -5.08. The Kier molecular flexibility index (Phi) is 7.48. The largest absolute Gasteiger partial charge is 0.490 e. The normalized spacial score (nSPS) is 20.8. The van der Waals surface area contributed by atoms with Crippen molar-refractivity contribution in [3.63, 3.8) is 0 Å². The van der Waals surface area contributed by atoms with Crippen molar-refractivity contribution in [1.29, 1.82) is 0 Å². The smallest absolute Gasteiger partial charge is 0.475 e. The van der Waals surface area contributed by atoms with Crippen LogP contribution in [0.25, 0.3) is 0 Å². The van der Waals surface area contributed by atoms with Gasteiger partial charge in [-0.15, -0.1) is 0 Å². The van der Waals surface area contributed by atoms with Crippen LogP contribution in [0.3, 0.4) is 0 Å². The van der Waals surface area contributed by atoms with Crippen molar-refractivity contribution >= 4 is 11.9 Å². The first kappa shape index (κ1) is 23.0. The molecule has 0 unspecified atom stereocenters. The molecule has 1 saturated heterocycles. The van der Waals surface area contributed by atoms with E-state index in [0.29, 0.717) is 6.04 Å². The zero-order chi connectivity index (χ0) is 22.4. The van der Waals surface area contributed by atoms with Crippen LogP contribution >= 0.6 is 0 Å². The summed E-state index contributed by atoms with van der Waals surface area (Å²) in [6, 6.07) is 11.0. The van der Waals surface area contributed by atoms with Gasteiger partial charge in [0.05, 0.1) is 12.1 Å². The average molecular weight is 437 g/mol. The van der Waals surface area contributed by atoms with E-state index >= 15 is 0 Å². The molecule has 31 heavy (non-hydrogen) atoms. The van der Waals surface area contributed by atoms with Gasteiger partial charge in [-0.25, -0.2) is 14.8 Å². The number of ether oxygens (including phenoxy) is 1. The predicted molar refractivity (Wildman–Crippen MR) is 109 cm³/mol. The van der Waals surface area contributed by atoms with Crippen LogP contribution in [0.15, 0.2) is 42.7 Å². The summed E-state index contributed by atoms with van der Waals surface area (Å²) in [5.74, 6) is -1.13. The molecule has 1 aliphatic heterocycles. The van der Waals surface area contributed by atoms with Crippen LogP contribution in [0.1, 0.15) is 30.4 Å². The number of aromatic nitrogens is 2. The number of rotatable bonds is 6. The average Bonchev–Trinajstić information content (AvgIpc) is 3.48. The first-order valence-electron chi connectivity index (χ1n) is 10.2. The second-order valence-electron chi connectivity index (χ2n) is 7.92. The highest BCUT2D eigenvalue weighted by Gasteiger charge is 2.38. The van der Waals surface area contributed by atoms with Crippen LogP contribution in [0.2, 0.25) is 0 Å². The van der Waals surface area contributed by atoms with Crippen LogP contribution in [-0.4, -0.2) is 52.5 Å². The van der Waals surface area contributed by atoms with Gasteiger partial charge in [0.2, 0.25) is 5.95 Å². The van der Waals surface area contributed by atoms with Gasteiger partial charge in [0.15, 0.2) is 0 Å². The number of anilines is 1. The fourth-order valence-electron chi connectivity index (χ4n) is 3.44. The zero-order valence-electron chi connectivity index (χ0n) is 17.3. The molecule has 6 nitrogen and oxygen atoms in total. The molecule has 2 aliphatic rings. The molecule has 1 aromatic carbocycles. The Balaban J connectivity index is 0.000000339. The highest BCUT2D eigenvalue weighted by Crippen LogP contribution is 2.32. The molecular formula is C22H26F3N3O3. The maximum absolute atomic E-state index is 10.6. The molecule has 2 fully saturated rings. The lowest BCUT2D eigenvalue weighted by Gasteiger charge is -2.28. The molecule has 0 amide bonds. The van der Waals surface area contributed by atoms with Gasteiger partial charge in [-0.3, -0.25) is 0 Å². The van der Waals surface area contributed by atoms with Crippen LogP contribution in [0, 0.1) is 12.8 Å². The Morgan fingerprint density at radius 2 is 1.77 bits per heavy atom. The molecule has 0 spiro atoms. The molecule has 0 bridgehead atoms. The van der Waals surface area contributed by atoms with Gasteiger partial charge in [0.25, 0.3) is 0 Å². The summed E-state index contributed by atoms with van der Waals surface area (Å²) in [5.41, 5.74) is 2.45. The molecule has 4 rings (SSSR count). The Labute approximate surface area is 179 Å². The van der Waals surface area contributed by atoms with Crippen molar-refractivity contribution in [3.05, 3.63) is 53.9 Å².